The minimum absolute atomic E-state index is 0. The maximum Gasteiger partial charge on any atom is 4.00 e. The molecule has 0 radical (unpaired) electrons. The number of hydrogen-bond acceptors (Lipinski definition) is 0. The van der Waals surface area contributed by atoms with Crippen molar-refractivity contribution in [3.05, 3.63) is 119 Å². The fourth-order valence-corrected chi connectivity index (χ4v) is 5.14. The second kappa shape index (κ2) is 11.7. The zero-order chi connectivity index (χ0) is 19.1. The summed E-state index contributed by atoms with van der Waals surface area (Å²) in [7, 11) is 0. The zero-order valence-electron chi connectivity index (χ0n) is 18.3. The Labute approximate surface area is 221 Å². The van der Waals surface area contributed by atoms with Crippen LogP contribution in [0.4, 0.5) is 0 Å². The molecule has 4 rings (SSSR count). The van der Waals surface area contributed by atoms with Crippen LogP contribution < -0.4 is 37.2 Å². The molecule has 0 amide bonds. The number of hydrogen-bond donors (Lipinski definition) is 0. The van der Waals surface area contributed by atoms with Crippen molar-refractivity contribution in [3.63, 3.8) is 0 Å². The standard InChI is InChI=1S/C27H27.3ClH.Ti/c1-20-19-21-13-11-12-18-24(21)25(20)27(26(2,3)4,22-14-7-5-8-15-22)23-16-9-6-10-17-23;;;;/h5-18,25H,1-4H3;3*1H;/q-1;;;;+4/p-3. The molecule has 0 N–H and O–H groups in total. The van der Waals surface area contributed by atoms with E-state index < -0.39 is 0 Å². The van der Waals surface area contributed by atoms with E-state index in [-0.39, 0.29) is 75.7 Å². The van der Waals surface area contributed by atoms with Gasteiger partial charge >= 0.3 is 21.7 Å². The van der Waals surface area contributed by atoms with Crippen LogP contribution in [0.25, 0.3) is 0 Å². The fraction of sp³-hybridized carbons (Fsp3) is 0.259. The molecule has 0 aliphatic heterocycles. The summed E-state index contributed by atoms with van der Waals surface area (Å²) < 4.78 is 0. The van der Waals surface area contributed by atoms with E-state index in [2.05, 4.69) is 119 Å². The van der Waals surface area contributed by atoms with Gasteiger partial charge < -0.3 is 37.2 Å². The Morgan fingerprint density at radius 3 is 1.52 bits per heavy atom. The number of halogens is 3. The van der Waals surface area contributed by atoms with Crippen LogP contribution >= 0.6 is 0 Å². The summed E-state index contributed by atoms with van der Waals surface area (Å²) in [6.07, 6.45) is 3.68. The van der Waals surface area contributed by atoms with Crippen molar-refractivity contribution >= 4 is 0 Å². The van der Waals surface area contributed by atoms with E-state index in [0.29, 0.717) is 0 Å². The molecule has 0 fully saturated rings. The van der Waals surface area contributed by atoms with Gasteiger partial charge in [0.2, 0.25) is 0 Å². The summed E-state index contributed by atoms with van der Waals surface area (Å²) in [5, 5.41) is 0. The average molecular weight is 506 g/mol. The third-order valence-corrected chi connectivity index (χ3v) is 6.11. The summed E-state index contributed by atoms with van der Waals surface area (Å²) >= 11 is 0. The molecule has 0 saturated carbocycles. The molecular formula is C27H27Cl3Ti. The Morgan fingerprint density at radius 2 is 1.06 bits per heavy atom. The third kappa shape index (κ3) is 5.00. The van der Waals surface area contributed by atoms with Gasteiger partial charge in [-0.2, -0.15) is 17.7 Å². The van der Waals surface area contributed by atoms with Gasteiger partial charge in [0.1, 0.15) is 0 Å². The van der Waals surface area contributed by atoms with Crippen molar-refractivity contribution < 1.29 is 58.9 Å². The van der Waals surface area contributed by atoms with Gasteiger partial charge in [-0.3, -0.25) is 0 Å². The first-order valence-electron chi connectivity index (χ1n) is 9.76. The van der Waals surface area contributed by atoms with Crippen molar-refractivity contribution in [2.75, 3.05) is 0 Å². The van der Waals surface area contributed by atoms with E-state index >= 15 is 0 Å². The van der Waals surface area contributed by atoms with Gasteiger partial charge in [0.15, 0.2) is 0 Å². The van der Waals surface area contributed by atoms with Crippen LogP contribution in [0.5, 0.6) is 0 Å². The molecule has 1 atom stereocenters. The topological polar surface area (TPSA) is 0 Å². The molecule has 0 bridgehead atoms. The predicted octanol–water partition coefficient (Wildman–Crippen LogP) is -2.08. The largest absolute Gasteiger partial charge is 4.00 e. The Bertz CT molecular complexity index is 937. The molecule has 0 nitrogen and oxygen atoms in total. The first-order chi connectivity index (χ1) is 13.0. The van der Waals surface area contributed by atoms with Crippen molar-refractivity contribution in [2.24, 2.45) is 5.41 Å². The molecule has 3 aromatic carbocycles. The molecule has 4 heteroatoms. The quantitative estimate of drug-likeness (QED) is 0.283. The Balaban J connectivity index is 0.00000225. The number of benzene rings is 3. The van der Waals surface area contributed by atoms with Gasteiger partial charge in [0.05, 0.1) is 0 Å². The van der Waals surface area contributed by atoms with E-state index in [0.717, 1.165) is 0 Å². The van der Waals surface area contributed by atoms with Gasteiger partial charge in [-0.15, -0.1) is 23.3 Å². The molecule has 0 saturated heterocycles. The Hall–Kier alpha value is -1.02. The van der Waals surface area contributed by atoms with Crippen LogP contribution in [0, 0.1) is 11.5 Å². The van der Waals surface area contributed by atoms with Crippen LogP contribution in [-0.4, -0.2) is 0 Å². The van der Waals surface area contributed by atoms with Crippen LogP contribution in [-0.2, 0) is 27.1 Å². The monoisotopic (exact) mass is 504 g/mol. The molecule has 0 spiro atoms. The van der Waals surface area contributed by atoms with Gasteiger partial charge in [-0.05, 0) is 22.5 Å². The number of fused-ring (bicyclic) bond motifs is 1. The van der Waals surface area contributed by atoms with Gasteiger partial charge in [0, 0.05) is 5.41 Å². The van der Waals surface area contributed by atoms with Gasteiger partial charge in [-0.1, -0.05) is 94.4 Å². The van der Waals surface area contributed by atoms with Gasteiger partial charge in [-0.25, -0.2) is 0 Å². The van der Waals surface area contributed by atoms with Crippen LogP contribution in [0.2, 0.25) is 0 Å². The third-order valence-electron chi connectivity index (χ3n) is 6.11. The van der Waals surface area contributed by atoms with E-state index in [1.54, 1.807) is 0 Å². The van der Waals surface area contributed by atoms with Gasteiger partial charge in [0.25, 0.3) is 0 Å². The minimum atomic E-state index is -0.181. The molecule has 160 valence electrons. The smallest absolute Gasteiger partial charge is 1.00 e. The maximum absolute atomic E-state index is 3.68. The molecule has 0 heterocycles. The van der Waals surface area contributed by atoms with Crippen LogP contribution in [0.15, 0.2) is 90.5 Å². The summed E-state index contributed by atoms with van der Waals surface area (Å²) in [5.41, 5.74) is 6.50. The second-order valence-electron chi connectivity index (χ2n) is 8.62. The number of rotatable bonds is 3. The Morgan fingerprint density at radius 1 is 0.645 bits per heavy atom. The maximum atomic E-state index is 3.68. The molecule has 31 heavy (non-hydrogen) atoms. The van der Waals surface area contributed by atoms with Crippen molar-refractivity contribution in [1.82, 2.24) is 0 Å². The first kappa shape index (κ1) is 30.0. The van der Waals surface area contributed by atoms with Crippen molar-refractivity contribution in [1.29, 1.82) is 0 Å². The average Bonchev–Trinajstić information content (AvgIpc) is 3.00. The SMILES string of the molecule is CC1=[C-]c2ccccc2C1C(c1ccccc1)(c1ccccc1)C(C)(C)C.[Cl-].[Cl-].[Cl-].[Ti+4]. The predicted molar refractivity (Wildman–Crippen MR) is 114 cm³/mol. The van der Waals surface area contributed by atoms with E-state index in [1.807, 2.05) is 0 Å². The van der Waals surface area contributed by atoms with E-state index in [4.69, 9.17) is 0 Å². The fourth-order valence-electron chi connectivity index (χ4n) is 5.14. The molecule has 1 aliphatic rings. The first-order valence-corrected chi connectivity index (χ1v) is 9.76. The van der Waals surface area contributed by atoms with E-state index in [9.17, 15) is 0 Å². The molecule has 1 unspecified atom stereocenters. The summed E-state index contributed by atoms with van der Waals surface area (Å²) in [5.74, 6) is 0.263. The van der Waals surface area contributed by atoms with Crippen molar-refractivity contribution in [3.8, 4) is 0 Å². The molecule has 0 aromatic heterocycles. The summed E-state index contributed by atoms with van der Waals surface area (Å²) in [6, 6.07) is 30.9. The second-order valence-corrected chi connectivity index (χ2v) is 8.62. The Kier molecular flexibility index (Phi) is 11.3. The van der Waals surface area contributed by atoms with E-state index in [1.165, 1.54) is 27.8 Å². The summed E-state index contributed by atoms with van der Waals surface area (Å²) in [4.78, 5) is 0. The van der Waals surface area contributed by atoms with Crippen LogP contribution in [0.1, 0.15) is 55.9 Å². The number of allylic oxidation sites excluding steroid dienone is 1. The molecule has 3 aromatic rings. The molecular weight excluding hydrogens is 479 g/mol. The summed E-state index contributed by atoms with van der Waals surface area (Å²) in [6.45, 7) is 9.38. The minimum Gasteiger partial charge on any atom is -1.00 e. The van der Waals surface area contributed by atoms with Crippen molar-refractivity contribution in [2.45, 2.75) is 39.0 Å². The zero-order valence-corrected chi connectivity index (χ0v) is 22.1. The van der Waals surface area contributed by atoms with Crippen LogP contribution in [0.3, 0.4) is 0 Å². The molecule has 1 aliphatic carbocycles. The normalized spacial score (nSPS) is 14.6.